The number of hydrogen-bond donors (Lipinski definition) is 0. The highest BCUT2D eigenvalue weighted by Crippen LogP contribution is 2.15. The van der Waals surface area contributed by atoms with Crippen LogP contribution >= 0.6 is 0 Å². The molecule has 0 unspecified atom stereocenters. The summed E-state index contributed by atoms with van der Waals surface area (Å²) in [5.41, 5.74) is 4.24. The Kier molecular flexibility index (Phi) is 3.75. The zero-order valence-corrected chi connectivity index (χ0v) is 8.80. The van der Waals surface area contributed by atoms with Crippen molar-refractivity contribution in [3.05, 3.63) is 41.0 Å². The molecule has 0 N–H and O–H groups in total. The minimum Gasteiger partial charge on any atom is -0.0842 e. The van der Waals surface area contributed by atoms with Crippen LogP contribution in [0.2, 0.25) is 0 Å². The van der Waals surface area contributed by atoms with Crippen molar-refractivity contribution in [2.45, 2.75) is 33.6 Å². The highest BCUT2D eigenvalue weighted by molar-refractivity contribution is 5.55. The quantitative estimate of drug-likeness (QED) is 0.650. The van der Waals surface area contributed by atoms with Crippen LogP contribution in [0.15, 0.2) is 24.3 Å². The monoisotopic (exact) mass is 174 g/mol. The third-order valence-electron chi connectivity index (χ3n) is 2.40. The molecule has 0 atom stereocenters. The first-order valence-electron chi connectivity index (χ1n) is 5.04. The van der Waals surface area contributed by atoms with Crippen molar-refractivity contribution in [2.75, 3.05) is 0 Å². The Hall–Kier alpha value is -1.04. The predicted molar refractivity (Wildman–Crippen MR) is 59.9 cm³/mol. The van der Waals surface area contributed by atoms with E-state index in [9.17, 15) is 0 Å². The Morgan fingerprint density at radius 3 is 2.62 bits per heavy atom. The van der Waals surface area contributed by atoms with Gasteiger partial charge in [-0.05, 0) is 36.5 Å². The van der Waals surface area contributed by atoms with E-state index in [0.29, 0.717) is 0 Å². The SMILES string of the molecule is CC/C=C\c1cccc(CC)c1C. The average Bonchev–Trinajstić information content (AvgIpc) is 2.16. The summed E-state index contributed by atoms with van der Waals surface area (Å²) in [5, 5.41) is 0. The topological polar surface area (TPSA) is 0 Å². The van der Waals surface area contributed by atoms with Crippen LogP contribution in [-0.4, -0.2) is 0 Å². The second-order valence-electron chi connectivity index (χ2n) is 3.30. The molecule has 1 aromatic carbocycles. The second kappa shape index (κ2) is 4.86. The molecule has 13 heavy (non-hydrogen) atoms. The Morgan fingerprint density at radius 2 is 2.00 bits per heavy atom. The molecule has 0 amide bonds. The molecule has 0 heterocycles. The maximum absolute atomic E-state index is 2.22. The molecule has 70 valence electrons. The molecule has 0 heteroatoms. The molecule has 1 aromatic rings. The van der Waals surface area contributed by atoms with Crippen LogP contribution in [0, 0.1) is 6.92 Å². The molecule has 0 aliphatic rings. The fourth-order valence-corrected chi connectivity index (χ4v) is 1.51. The smallest absolute Gasteiger partial charge is 0.0228 e. The number of allylic oxidation sites excluding steroid dienone is 1. The van der Waals surface area contributed by atoms with Gasteiger partial charge in [0.15, 0.2) is 0 Å². The lowest BCUT2D eigenvalue weighted by Crippen LogP contribution is -1.88. The molecule has 0 saturated carbocycles. The number of benzene rings is 1. The molecule has 0 radical (unpaired) electrons. The summed E-state index contributed by atoms with van der Waals surface area (Å²) in [5.74, 6) is 0. The first kappa shape index (κ1) is 10.0. The normalized spacial score (nSPS) is 11.0. The summed E-state index contributed by atoms with van der Waals surface area (Å²) in [6.45, 7) is 6.57. The van der Waals surface area contributed by atoms with Gasteiger partial charge in [-0.25, -0.2) is 0 Å². The molecular weight excluding hydrogens is 156 g/mol. The van der Waals surface area contributed by atoms with Crippen molar-refractivity contribution in [1.29, 1.82) is 0 Å². The van der Waals surface area contributed by atoms with E-state index >= 15 is 0 Å². The highest BCUT2D eigenvalue weighted by Gasteiger charge is 1.98. The van der Waals surface area contributed by atoms with Crippen LogP contribution in [0.3, 0.4) is 0 Å². The Labute approximate surface area is 81.3 Å². The van der Waals surface area contributed by atoms with Gasteiger partial charge in [0.05, 0.1) is 0 Å². The van der Waals surface area contributed by atoms with Crippen LogP contribution in [0.5, 0.6) is 0 Å². The van der Waals surface area contributed by atoms with Crippen LogP contribution in [0.25, 0.3) is 6.08 Å². The molecule has 0 bridgehead atoms. The summed E-state index contributed by atoms with van der Waals surface area (Å²) in [6, 6.07) is 6.53. The summed E-state index contributed by atoms with van der Waals surface area (Å²) >= 11 is 0. The van der Waals surface area contributed by atoms with Gasteiger partial charge in [0, 0.05) is 0 Å². The van der Waals surface area contributed by atoms with Gasteiger partial charge >= 0.3 is 0 Å². The lowest BCUT2D eigenvalue weighted by atomic mass is 10.0. The maximum atomic E-state index is 2.22. The zero-order chi connectivity index (χ0) is 9.68. The van der Waals surface area contributed by atoms with Crippen LogP contribution < -0.4 is 0 Å². The highest BCUT2D eigenvalue weighted by atomic mass is 14.0. The summed E-state index contributed by atoms with van der Waals surface area (Å²) in [6.07, 6.45) is 6.66. The van der Waals surface area contributed by atoms with Gasteiger partial charge < -0.3 is 0 Å². The van der Waals surface area contributed by atoms with E-state index in [-0.39, 0.29) is 0 Å². The van der Waals surface area contributed by atoms with Crippen molar-refractivity contribution < 1.29 is 0 Å². The molecule has 0 aliphatic carbocycles. The fraction of sp³-hybridized carbons (Fsp3) is 0.385. The van der Waals surface area contributed by atoms with Crippen molar-refractivity contribution in [2.24, 2.45) is 0 Å². The summed E-state index contributed by atoms with van der Waals surface area (Å²) in [4.78, 5) is 0. The maximum Gasteiger partial charge on any atom is -0.0228 e. The largest absolute Gasteiger partial charge is 0.0842 e. The Morgan fingerprint density at radius 1 is 1.23 bits per heavy atom. The van der Waals surface area contributed by atoms with Crippen molar-refractivity contribution in [1.82, 2.24) is 0 Å². The third kappa shape index (κ3) is 2.45. The van der Waals surface area contributed by atoms with E-state index in [1.807, 2.05) is 0 Å². The van der Waals surface area contributed by atoms with Gasteiger partial charge in [-0.3, -0.25) is 0 Å². The van der Waals surface area contributed by atoms with E-state index in [1.165, 1.54) is 16.7 Å². The lowest BCUT2D eigenvalue weighted by molar-refractivity contribution is 1.11. The first-order chi connectivity index (χ1) is 6.29. The number of rotatable bonds is 3. The molecule has 0 aromatic heterocycles. The van der Waals surface area contributed by atoms with E-state index in [0.717, 1.165) is 12.8 Å². The Bertz CT molecular complexity index is 295. The molecule has 0 fully saturated rings. The average molecular weight is 174 g/mol. The van der Waals surface area contributed by atoms with Gasteiger partial charge in [-0.1, -0.05) is 44.2 Å². The van der Waals surface area contributed by atoms with Crippen molar-refractivity contribution >= 4 is 6.08 Å². The second-order valence-corrected chi connectivity index (χ2v) is 3.30. The minimum atomic E-state index is 1.11. The molecule has 0 aliphatic heterocycles. The number of aryl methyl sites for hydroxylation is 1. The lowest BCUT2D eigenvalue weighted by Gasteiger charge is -2.05. The van der Waals surface area contributed by atoms with Crippen molar-refractivity contribution in [3.63, 3.8) is 0 Å². The fourth-order valence-electron chi connectivity index (χ4n) is 1.51. The van der Waals surface area contributed by atoms with Crippen LogP contribution in [-0.2, 0) is 6.42 Å². The van der Waals surface area contributed by atoms with Crippen LogP contribution in [0.1, 0.15) is 37.0 Å². The van der Waals surface area contributed by atoms with E-state index in [4.69, 9.17) is 0 Å². The molecular formula is C13H18. The summed E-state index contributed by atoms with van der Waals surface area (Å²) < 4.78 is 0. The summed E-state index contributed by atoms with van der Waals surface area (Å²) in [7, 11) is 0. The molecule has 0 spiro atoms. The van der Waals surface area contributed by atoms with Gasteiger partial charge in [-0.2, -0.15) is 0 Å². The van der Waals surface area contributed by atoms with Gasteiger partial charge in [0.1, 0.15) is 0 Å². The zero-order valence-electron chi connectivity index (χ0n) is 8.80. The standard InChI is InChI=1S/C13H18/c1-4-6-8-13-10-7-9-12(5-2)11(13)3/h6-10H,4-5H2,1-3H3/b8-6-. The van der Waals surface area contributed by atoms with Gasteiger partial charge in [0.2, 0.25) is 0 Å². The minimum absolute atomic E-state index is 1.11. The van der Waals surface area contributed by atoms with Gasteiger partial charge in [0.25, 0.3) is 0 Å². The van der Waals surface area contributed by atoms with E-state index in [2.05, 4.69) is 51.1 Å². The third-order valence-corrected chi connectivity index (χ3v) is 2.40. The molecule has 0 saturated heterocycles. The first-order valence-corrected chi connectivity index (χ1v) is 5.04. The van der Waals surface area contributed by atoms with Gasteiger partial charge in [-0.15, -0.1) is 0 Å². The van der Waals surface area contributed by atoms with E-state index in [1.54, 1.807) is 0 Å². The van der Waals surface area contributed by atoms with E-state index < -0.39 is 0 Å². The predicted octanol–water partition coefficient (Wildman–Crippen LogP) is 3.98. The van der Waals surface area contributed by atoms with Crippen LogP contribution in [0.4, 0.5) is 0 Å². The molecule has 0 nitrogen and oxygen atoms in total. The number of hydrogen-bond acceptors (Lipinski definition) is 0. The van der Waals surface area contributed by atoms with Crippen molar-refractivity contribution in [3.8, 4) is 0 Å². The molecule has 1 rings (SSSR count). The Balaban J connectivity index is 3.01.